The Morgan fingerprint density at radius 2 is 1.77 bits per heavy atom. The van der Waals surface area contributed by atoms with Crippen LogP contribution in [0.2, 0.25) is 0 Å². The molecule has 0 atom stereocenters. The number of pyridine rings is 1. The first-order chi connectivity index (χ1) is 10.8. The average Bonchev–Trinajstić information content (AvgIpc) is 3.01. The van der Waals surface area contributed by atoms with Gasteiger partial charge in [-0.05, 0) is 12.1 Å². The second-order valence-corrected chi connectivity index (χ2v) is 4.91. The molecule has 3 aromatic heterocycles. The lowest BCUT2D eigenvalue weighted by Crippen LogP contribution is -2.14. The number of nitrogens with zero attached hydrogens (tertiary/aromatic N) is 3. The summed E-state index contributed by atoms with van der Waals surface area (Å²) in [6.45, 7) is 0. The number of hydrogen-bond acceptors (Lipinski definition) is 3. The summed E-state index contributed by atoms with van der Waals surface area (Å²) in [7, 11) is 0. The van der Waals surface area contributed by atoms with Crippen LogP contribution >= 0.6 is 0 Å². The molecule has 0 amide bonds. The zero-order valence-electron chi connectivity index (χ0n) is 11.6. The summed E-state index contributed by atoms with van der Waals surface area (Å²) in [6.07, 6.45) is 3.47. The molecule has 0 fully saturated rings. The van der Waals surface area contributed by atoms with Crippen molar-refractivity contribution in [2.24, 2.45) is 0 Å². The van der Waals surface area contributed by atoms with Crippen molar-refractivity contribution in [2.75, 3.05) is 0 Å². The number of hydrogen-bond donors (Lipinski definition) is 1. The molecular weight excluding hydrogens is 276 g/mol. The molecule has 1 aromatic carbocycles. The predicted octanol–water partition coefficient (Wildman–Crippen LogP) is 2.75. The Labute approximate surface area is 125 Å². The zero-order chi connectivity index (χ0) is 14.9. The molecule has 5 nitrogen and oxygen atoms in total. The molecule has 1 N–H and O–H groups in total. The Kier molecular flexibility index (Phi) is 2.83. The fourth-order valence-corrected chi connectivity index (χ4v) is 2.45. The van der Waals surface area contributed by atoms with Gasteiger partial charge in [-0.15, -0.1) is 0 Å². The molecule has 0 saturated carbocycles. The third-order valence-corrected chi connectivity index (χ3v) is 3.51. The fourth-order valence-electron chi connectivity index (χ4n) is 2.45. The van der Waals surface area contributed by atoms with Crippen molar-refractivity contribution in [3.05, 3.63) is 77.3 Å². The van der Waals surface area contributed by atoms with Crippen molar-refractivity contribution in [2.45, 2.75) is 0 Å². The lowest BCUT2D eigenvalue weighted by Gasteiger charge is -2.02. The van der Waals surface area contributed by atoms with Gasteiger partial charge in [0.05, 0.1) is 17.0 Å². The quantitative estimate of drug-likeness (QED) is 0.617. The van der Waals surface area contributed by atoms with E-state index in [1.54, 1.807) is 12.4 Å². The van der Waals surface area contributed by atoms with Crippen molar-refractivity contribution in [1.82, 2.24) is 19.6 Å². The van der Waals surface area contributed by atoms with Gasteiger partial charge in [0.15, 0.2) is 5.65 Å². The smallest absolute Gasteiger partial charge is 0.273 e. The Morgan fingerprint density at radius 3 is 2.55 bits per heavy atom. The lowest BCUT2D eigenvalue weighted by atomic mass is 10.1. The van der Waals surface area contributed by atoms with Crippen LogP contribution in [0.5, 0.6) is 0 Å². The molecule has 0 bridgehead atoms. The Bertz CT molecular complexity index is 988. The van der Waals surface area contributed by atoms with E-state index in [-0.39, 0.29) is 5.56 Å². The minimum absolute atomic E-state index is 0.147. The largest absolute Gasteiger partial charge is 0.296 e. The molecule has 0 radical (unpaired) electrons. The van der Waals surface area contributed by atoms with E-state index in [1.807, 2.05) is 48.5 Å². The van der Waals surface area contributed by atoms with E-state index in [4.69, 9.17) is 0 Å². The van der Waals surface area contributed by atoms with Gasteiger partial charge >= 0.3 is 0 Å². The molecular formula is C17H12N4O. The highest BCUT2D eigenvalue weighted by atomic mass is 16.1. The van der Waals surface area contributed by atoms with Crippen LogP contribution in [0.3, 0.4) is 0 Å². The van der Waals surface area contributed by atoms with E-state index in [1.165, 1.54) is 10.6 Å². The first-order valence-corrected chi connectivity index (χ1v) is 6.91. The molecule has 0 aliphatic rings. The topological polar surface area (TPSA) is 63.0 Å². The minimum Gasteiger partial charge on any atom is -0.296 e. The van der Waals surface area contributed by atoms with Gasteiger partial charge in [-0.1, -0.05) is 36.4 Å². The van der Waals surface area contributed by atoms with Gasteiger partial charge < -0.3 is 0 Å². The molecule has 0 saturated heterocycles. The molecule has 22 heavy (non-hydrogen) atoms. The molecule has 0 aliphatic heterocycles. The fraction of sp³-hybridized carbons (Fsp3) is 0. The molecule has 4 aromatic rings. The van der Waals surface area contributed by atoms with Crippen LogP contribution in [-0.4, -0.2) is 19.6 Å². The van der Waals surface area contributed by atoms with Crippen LogP contribution in [0.25, 0.3) is 28.2 Å². The minimum atomic E-state index is -0.147. The summed E-state index contributed by atoms with van der Waals surface area (Å²) >= 11 is 0. The van der Waals surface area contributed by atoms with Crippen LogP contribution < -0.4 is 5.56 Å². The van der Waals surface area contributed by atoms with Gasteiger partial charge in [0, 0.05) is 24.0 Å². The molecule has 0 spiro atoms. The highest BCUT2D eigenvalue weighted by molar-refractivity contribution is 5.76. The lowest BCUT2D eigenvalue weighted by molar-refractivity contribution is 0.901. The summed E-state index contributed by atoms with van der Waals surface area (Å²) < 4.78 is 1.43. The van der Waals surface area contributed by atoms with E-state index >= 15 is 0 Å². The number of H-pyrrole nitrogens is 1. The molecule has 5 heteroatoms. The number of benzene rings is 1. The number of aromatic nitrogens is 4. The van der Waals surface area contributed by atoms with Crippen LogP contribution in [0.4, 0.5) is 0 Å². The summed E-state index contributed by atoms with van der Waals surface area (Å²) in [5.41, 5.74) is 3.57. The first kappa shape index (κ1) is 12.5. The predicted molar refractivity (Wildman–Crippen MR) is 84.5 cm³/mol. The Hall–Kier alpha value is -3.21. The van der Waals surface area contributed by atoms with Crippen molar-refractivity contribution in [3.8, 4) is 22.5 Å². The summed E-state index contributed by atoms with van der Waals surface area (Å²) in [5.74, 6) is 0. The van der Waals surface area contributed by atoms with Gasteiger partial charge in [-0.3, -0.25) is 14.9 Å². The molecule has 0 aliphatic carbocycles. The summed E-state index contributed by atoms with van der Waals surface area (Å²) in [4.78, 5) is 21.3. The van der Waals surface area contributed by atoms with Crippen LogP contribution in [0.1, 0.15) is 0 Å². The third-order valence-electron chi connectivity index (χ3n) is 3.51. The highest BCUT2D eigenvalue weighted by Crippen LogP contribution is 2.22. The number of fused-ring (bicyclic) bond motifs is 1. The number of aromatic amines is 1. The standard InChI is InChI=1S/C17H12N4O/c22-16-10-15(12-6-2-1-3-7-12)20-17-13(11-19-21(16)17)14-8-4-5-9-18-14/h1-11,19H. The maximum absolute atomic E-state index is 12.3. The molecule has 106 valence electrons. The molecule has 3 heterocycles. The maximum atomic E-state index is 12.3. The molecule has 0 unspecified atom stereocenters. The Morgan fingerprint density at radius 1 is 0.955 bits per heavy atom. The van der Waals surface area contributed by atoms with E-state index in [0.717, 1.165) is 16.8 Å². The Balaban J connectivity index is 1.99. The third kappa shape index (κ3) is 2.00. The van der Waals surface area contributed by atoms with Crippen molar-refractivity contribution in [1.29, 1.82) is 0 Å². The monoisotopic (exact) mass is 288 g/mol. The van der Waals surface area contributed by atoms with E-state index < -0.39 is 0 Å². The second kappa shape index (κ2) is 4.96. The van der Waals surface area contributed by atoms with Crippen molar-refractivity contribution >= 4 is 5.65 Å². The highest BCUT2D eigenvalue weighted by Gasteiger charge is 2.12. The van der Waals surface area contributed by atoms with E-state index in [0.29, 0.717) is 11.3 Å². The van der Waals surface area contributed by atoms with Crippen LogP contribution in [-0.2, 0) is 0 Å². The molecule has 4 rings (SSSR count). The van der Waals surface area contributed by atoms with Gasteiger partial charge in [0.2, 0.25) is 0 Å². The summed E-state index contributed by atoms with van der Waals surface area (Å²) in [6, 6.07) is 16.8. The van der Waals surface area contributed by atoms with Gasteiger partial charge in [-0.25, -0.2) is 9.50 Å². The average molecular weight is 288 g/mol. The van der Waals surface area contributed by atoms with Gasteiger partial charge in [-0.2, -0.15) is 0 Å². The maximum Gasteiger partial charge on any atom is 0.273 e. The normalized spacial score (nSPS) is 10.9. The van der Waals surface area contributed by atoms with Crippen LogP contribution in [0.15, 0.2) is 71.8 Å². The SMILES string of the molecule is O=c1cc(-c2ccccc2)nc2c(-c3ccccn3)c[nH]n12. The van der Waals surface area contributed by atoms with E-state index in [2.05, 4.69) is 15.1 Å². The number of rotatable bonds is 2. The second-order valence-electron chi connectivity index (χ2n) is 4.91. The van der Waals surface area contributed by atoms with Gasteiger partial charge in [0.1, 0.15) is 0 Å². The van der Waals surface area contributed by atoms with E-state index in [9.17, 15) is 4.79 Å². The number of nitrogens with one attached hydrogen (secondary N) is 1. The zero-order valence-corrected chi connectivity index (χ0v) is 11.6. The van der Waals surface area contributed by atoms with Gasteiger partial charge in [0.25, 0.3) is 5.56 Å². The van der Waals surface area contributed by atoms with Crippen molar-refractivity contribution in [3.63, 3.8) is 0 Å². The first-order valence-electron chi connectivity index (χ1n) is 6.91. The summed E-state index contributed by atoms with van der Waals surface area (Å²) in [5, 5.41) is 2.94. The van der Waals surface area contributed by atoms with Crippen molar-refractivity contribution < 1.29 is 0 Å². The van der Waals surface area contributed by atoms with Crippen LogP contribution in [0, 0.1) is 0 Å².